The van der Waals surface area contributed by atoms with Gasteiger partial charge in [-0.05, 0) is 65.7 Å². The molecule has 0 unspecified atom stereocenters. The van der Waals surface area contributed by atoms with Gasteiger partial charge in [-0.15, -0.1) is 0 Å². The van der Waals surface area contributed by atoms with Crippen molar-refractivity contribution in [3.05, 3.63) is 28.2 Å². The van der Waals surface area contributed by atoms with Gasteiger partial charge in [0.15, 0.2) is 0 Å². The third-order valence-corrected chi connectivity index (χ3v) is 5.32. The van der Waals surface area contributed by atoms with Crippen molar-refractivity contribution in [2.75, 3.05) is 0 Å². The van der Waals surface area contributed by atoms with Crippen molar-refractivity contribution in [3.63, 3.8) is 0 Å². The maximum atomic E-state index is 11.7. The van der Waals surface area contributed by atoms with E-state index in [0.717, 1.165) is 54.3 Å². The predicted molar refractivity (Wildman–Crippen MR) is 80.2 cm³/mol. The Bertz CT molecular complexity index is 516. The second-order valence-corrected chi connectivity index (χ2v) is 6.76. The Kier molecular flexibility index (Phi) is 3.76. The van der Waals surface area contributed by atoms with Gasteiger partial charge in [0, 0.05) is 0 Å². The molecule has 2 fully saturated rings. The molecule has 2 saturated carbocycles. The highest BCUT2D eigenvalue weighted by Crippen LogP contribution is 2.43. The number of halogens is 1. The molecule has 0 saturated heterocycles. The molecule has 108 valence electrons. The topological polar surface area (TPSA) is 46.5 Å². The summed E-state index contributed by atoms with van der Waals surface area (Å²) in [6.07, 6.45) is 7.25. The van der Waals surface area contributed by atoms with Crippen molar-refractivity contribution >= 4 is 21.9 Å². The first-order valence-corrected chi connectivity index (χ1v) is 8.11. The number of ether oxygens (including phenoxy) is 1. The van der Waals surface area contributed by atoms with E-state index in [4.69, 9.17) is 4.74 Å². The summed E-state index contributed by atoms with van der Waals surface area (Å²) in [5, 5.41) is 9.62. The molecule has 20 heavy (non-hydrogen) atoms. The van der Waals surface area contributed by atoms with Crippen molar-refractivity contribution in [1.29, 1.82) is 0 Å². The minimum Gasteiger partial charge on any atom is -0.489 e. The van der Waals surface area contributed by atoms with Gasteiger partial charge in [0.05, 0.1) is 16.0 Å². The number of hydrogen-bond acceptors (Lipinski definition) is 2. The van der Waals surface area contributed by atoms with E-state index in [1.54, 1.807) is 0 Å². The molecule has 0 bridgehead atoms. The van der Waals surface area contributed by atoms with Crippen LogP contribution in [-0.4, -0.2) is 17.2 Å². The number of carbonyl (C=O) groups is 1. The molecule has 0 amide bonds. The summed E-state index contributed by atoms with van der Waals surface area (Å²) in [4.78, 5) is 11.7. The Labute approximate surface area is 127 Å². The van der Waals surface area contributed by atoms with E-state index in [1.807, 2.05) is 18.2 Å². The SMILES string of the molecule is O=C(O)C1(c2ccc(OC3CCC3)c(Br)c2)CCCC1. The van der Waals surface area contributed by atoms with Gasteiger partial charge in [-0.2, -0.15) is 0 Å². The van der Waals surface area contributed by atoms with Crippen LogP contribution in [0.25, 0.3) is 0 Å². The summed E-state index contributed by atoms with van der Waals surface area (Å²) in [5.74, 6) is 0.131. The molecule has 2 aliphatic rings. The predicted octanol–water partition coefficient (Wildman–Crippen LogP) is 4.28. The molecule has 2 aliphatic carbocycles. The Hall–Kier alpha value is -1.03. The second kappa shape index (κ2) is 5.40. The number of rotatable bonds is 4. The van der Waals surface area contributed by atoms with Gasteiger partial charge in [-0.25, -0.2) is 0 Å². The van der Waals surface area contributed by atoms with Gasteiger partial charge < -0.3 is 9.84 Å². The van der Waals surface area contributed by atoms with E-state index in [9.17, 15) is 9.90 Å². The molecule has 0 heterocycles. The molecule has 0 aliphatic heterocycles. The first-order chi connectivity index (χ1) is 9.62. The Morgan fingerprint density at radius 2 is 1.95 bits per heavy atom. The van der Waals surface area contributed by atoms with Crippen LogP contribution >= 0.6 is 15.9 Å². The highest BCUT2D eigenvalue weighted by atomic mass is 79.9. The molecule has 0 atom stereocenters. The monoisotopic (exact) mass is 338 g/mol. The van der Waals surface area contributed by atoms with Crippen LogP contribution in [0.5, 0.6) is 5.75 Å². The van der Waals surface area contributed by atoms with Gasteiger partial charge in [0.25, 0.3) is 0 Å². The standard InChI is InChI=1S/C16H19BrO3/c17-13-10-11(16(15(18)19)8-1-2-9-16)6-7-14(13)20-12-4-3-5-12/h6-7,10,12H,1-5,8-9H2,(H,18,19). The lowest BCUT2D eigenvalue weighted by Gasteiger charge is -2.28. The summed E-state index contributed by atoms with van der Waals surface area (Å²) in [6.45, 7) is 0. The van der Waals surface area contributed by atoms with E-state index in [2.05, 4.69) is 15.9 Å². The maximum absolute atomic E-state index is 11.7. The molecule has 3 nitrogen and oxygen atoms in total. The van der Waals surface area contributed by atoms with Crippen LogP contribution < -0.4 is 4.74 Å². The number of hydrogen-bond donors (Lipinski definition) is 1. The highest BCUT2D eigenvalue weighted by Gasteiger charge is 2.43. The quantitative estimate of drug-likeness (QED) is 0.891. The number of benzene rings is 1. The average Bonchev–Trinajstić information content (AvgIpc) is 2.85. The number of carboxylic acids is 1. The van der Waals surface area contributed by atoms with E-state index >= 15 is 0 Å². The fourth-order valence-corrected chi connectivity index (χ4v) is 3.64. The molecule has 4 heteroatoms. The summed E-state index contributed by atoms with van der Waals surface area (Å²) in [6, 6.07) is 5.78. The van der Waals surface area contributed by atoms with Gasteiger partial charge >= 0.3 is 5.97 Å². The second-order valence-electron chi connectivity index (χ2n) is 5.91. The average molecular weight is 339 g/mol. The maximum Gasteiger partial charge on any atom is 0.314 e. The lowest BCUT2D eigenvalue weighted by molar-refractivity contribution is -0.143. The molecule has 0 radical (unpaired) electrons. The normalized spacial score (nSPS) is 21.4. The first kappa shape index (κ1) is 13.9. The van der Waals surface area contributed by atoms with Crippen LogP contribution in [-0.2, 0) is 10.2 Å². The zero-order valence-electron chi connectivity index (χ0n) is 11.4. The first-order valence-electron chi connectivity index (χ1n) is 7.32. The third kappa shape index (κ3) is 2.34. The van der Waals surface area contributed by atoms with Crippen molar-refractivity contribution in [2.45, 2.75) is 56.5 Å². The van der Waals surface area contributed by atoms with Crippen LogP contribution in [0.1, 0.15) is 50.5 Å². The van der Waals surface area contributed by atoms with Crippen LogP contribution in [0, 0.1) is 0 Å². The van der Waals surface area contributed by atoms with E-state index in [1.165, 1.54) is 6.42 Å². The lowest BCUT2D eigenvalue weighted by Crippen LogP contribution is -2.32. The number of aliphatic carboxylic acids is 1. The molecular formula is C16H19BrO3. The lowest BCUT2D eigenvalue weighted by atomic mass is 9.79. The van der Waals surface area contributed by atoms with Crippen LogP contribution in [0.4, 0.5) is 0 Å². The van der Waals surface area contributed by atoms with Crippen molar-refractivity contribution in [2.24, 2.45) is 0 Å². The zero-order valence-corrected chi connectivity index (χ0v) is 13.0. The van der Waals surface area contributed by atoms with E-state index < -0.39 is 11.4 Å². The fourth-order valence-electron chi connectivity index (χ4n) is 3.17. The minimum atomic E-state index is -0.699. The minimum absolute atomic E-state index is 0.331. The summed E-state index contributed by atoms with van der Waals surface area (Å²) in [5.41, 5.74) is 0.202. The van der Waals surface area contributed by atoms with Crippen LogP contribution in [0.3, 0.4) is 0 Å². The molecule has 3 rings (SSSR count). The van der Waals surface area contributed by atoms with Gasteiger partial charge in [0.1, 0.15) is 5.75 Å². The number of carboxylic acid groups (broad SMARTS) is 1. The van der Waals surface area contributed by atoms with Crippen LogP contribution in [0.15, 0.2) is 22.7 Å². The van der Waals surface area contributed by atoms with Gasteiger partial charge in [0.2, 0.25) is 0 Å². The zero-order chi connectivity index (χ0) is 14.2. The fraction of sp³-hybridized carbons (Fsp3) is 0.562. The van der Waals surface area contributed by atoms with Gasteiger partial charge in [-0.1, -0.05) is 18.9 Å². The van der Waals surface area contributed by atoms with Crippen molar-refractivity contribution < 1.29 is 14.6 Å². The Morgan fingerprint density at radius 3 is 2.45 bits per heavy atom. The van der Waals surface area contributed by atoms with Crippen molar-refractivity contribution in [1.82, 2.24) is 0 Å². The van der Waals surface area contributed by atoms with E-state index in [-0.39, 0.29) is 0 Å². The molecule has 1 aromatic carbocycles. The van der Waals surface area contributed by atoms with E-state index in [0.29, 0.717) is 6.10 Å². The van der Waals surface area contributed by atoms with Crippen molar-refractivity contribution in [3.8, 4) is 5.75 Å². The molecule has 0 aromatic heterocycles. The highest BCUT2D eigenvalue weighted by molar-refractivity contribution is 9.10. The molecule has 1 aromatic rings. The summed E-state index contributed by atoms with van der Waals surface area (Å²) in [7, 11) is 0. The summed E-state index contributed by atoms with van der Waals surface area (Å²) >= 11 is 3.53. The largest absolute Gasteiger partial charge is 0.489 e. The molecule has 0 spiro atoms. The Balaban J connectivity index is 1.86. The van der Waals surface area contributed by atoms with Crippen LogP contribution in [0.2, 0.25) is 0 Å². The molecular weight excluding hydrogens is 320 g/mol. The molecule has 1 N–H and O–H groups in total. The smallest absolute Gasteiger partial charge is 0.314 e. The Morgan fingerprint density at radius 1 is 1.25 bits per heavy atom. The summed E-state index contributed by atoms with van der Waals surface area (Å²) < 4.78 is 6.77. The third-order valence-electron chi connectivity index (χ3n) is 4.70. The van der Waals surface area contributed by atoms with Gasteiger partial charge in [-0.3, -0.25) is 4.79 Å².